The summed E-state index contributed by atoms with van der Waals surface area (Å²) in [6, 6.07) is 16.9. The zero-order chi connectivity index (χ0) is 19.8. The van der Waals surface area contributed by atoms with Crippen LogP contribution >= 0.6 is 11.3 Å². The molecule has 1 amide bonds. The zero-order valence-corrected chi connectivity index (χ0v) is 16.2. The molecule has 0 spiro atoms. The fourth-order valence-electron chi connectivity index (χ4n) is 2.52. The van der Waals surface area contributed by atoms with Crippen molar-refractivity contribution < 1.29 is 9.53 Å². The molecule has 0 aliphatic rings. The number of ether oxygens (including phenoxy) is 1. The van der Waals surface area contributed by atoms with E-state index in [0.29, 0.717) is 24.5 Å². The Morgan fingerprint density at radius 1 is 1.25 bits per heavy atom. The van der Waals surface area contributed by atoms with E-state index < -0.39 is 0 Å². The second-order valence-electron chi connectivity index (χ2n) is 6.04. The van der Waals surface area contributed by atoms with Crippen molar-refractivity contribution in [1.29, 1.82) is 5.26 Å². The number of carbonyl (C=O) groups is 1. The minimum Gasteiger partial charge on any atom is -0.487 e. The Kier molecular flexibility index (Phi) is 6.55. The van der Waals surface area contributed by atoms with Crippen LogP contribution in [0.1, 0.15) is 21.8 Å². The lowest BCUT2D eigenvalue weighted by molar-refractivity contribution is -0.111. The van der Waals surface area contributed by atoms with Crippen LogP contribution in [0.15, 0.2) is 60.0 Å². The maximum Gasteiger partial charge on any atom is 0.248 e. The van der Waals surface area contributed by atoms with Crippen LogP contribution in [0.3, 0.4) is 0 Å². The molecule has 0 atom stereocenters. The SMILES string of the molecule is Cc1nc(COc2ccccc2/C=C/C(=O)Nc2ccc(CC#N)cc2)cs1. The van der Waals surface area contributed by atoms with Crippen LogP contribution in [0.25, 0.3) is 6.08 Å². The molecule has 0 fully saturated rings. The number of carbonyl (C=O) groups excluding carboxylic acids is 1. The van der Waals surface area contributed by atoms with E-state index in [9.17, 15) is 4.79 Å². The van der Waals surface area contributed by atoms with Crippen molar-refractivity contribution >= 4 is 29.0 Å². The van der Waals surface area contributed by atoms with Gasteiger partial charge in [-0.1, -0.05) is 30.3 Å². The molecule has 3 aromatic rings. The summed E-state index contributed by atoms with van der Waals surface area (Å²) in [5.74, 6) is 0.455. The van der Waals surface area contributed by atoms with Gasteiger partial charge < -0.3 is 10.1 Å². The van der Waals surface area contributed by atoms with Gasteiger partial charge in [0, 0.05) is 22.7 Å². The summed E-state index contributed by atoms with van der Waals surface area (Å²) in [6.07, 6.45) is 3.55. The molecule has 1 N–H and O–H groups in total. The monoisotopic (exact) mass is 389 g/mol. The second-order valence-corrected chi connectivity index (χ2v) is 7.10. The van der Waals surface area contributed by atoms with Crippen molar-refractivity contribution in [3.63, 3.8) is 0 Å². The van der Waals surface area contributed by atoms with Gasteiger partial charge in [-0.15, -0.1) is 11.3 Å². The van der Waals surface area contributed by atoms with Gasteiger partial charge in [0.25, 0.3) is 0 Å². The number of aromatic nitrogens is 1. The smallest absolute Gasteiger partial charge is 0.248 e. The fourth-order valence-corrected chi connectivity index (χ4v) is 3.12. The Labute approximate surface area is 167 Å². The molecule has 5 nitrogen and oxygen atoms in total. The second kappa shape index (κ2) is 9.49. The number of hydrogen-bond donors (Lipinski definition) is 1. The van der Waals surface area contributed by atoms with Gasteiger partial charge in [-0.2, -0.15) is 5.26 Å². The molecular weight excluding hydrogens is 370 g/mol. The van der Waals surface area contributed by atoms with Gasteiger partial charge in [-0.25, -0.2) is 4.98 Å². The fraction of sp³-hybridized carbons (Fsp3) is 0.136. The molecule has 0 aliphatic heterocycles. The number of benzene rings is 2. The molecule has 0 aliphatic carbocycles. The van der Waals surface area contributed by atoms with Crippen LogP contribution in [-0.4, -0.2) is 10.9 Å². The Morgan fingerprint density at radius 2 is 2.04 bits per heavy atom. The lowest BCUT2D eigenvalue weighted by Gasteiger charge is -2.08. The predicted octanol–water partition coefficient (Wildman–Crippen LogP) is 4.75. The highest BCUT2D eigenvalue weighted by atomic mass is 32.1. The van der Waals surface area contributed by atoms with Gasteiger partial charge in [0.1, 0.15) is 12.4 Å². The topological polar surface area (TPSA) is 75.0 Å². The number of rotatable bonds is 7. The molecule has 1 aromatic heterocycles. The minimum atomic E-state index is -0.238. The van der Waals surface area contributed by atoms with E-state index in [1.807, 2.05) is 48.7 Å². The molecule has 0 saturated carbocycles. The highest BCUT2D eigenvalue weighted by molar-refractivity contribution is 7.09. The average molecular weight is 389 g/mol. The Hall–Kier alpha value is -3.43. The van der Waals surface area contributed by atoms with Crippen LogP contribution in [0.5, 0.6) is 5.75 Å². The first-order valence-electron chi connectivity index (χ1n) is 8.72. The number of thiazole rings is 1. The maximum absolute atomic E-state index is 12.2. The lowest BCUT2D eigenvalue weighted by Crippen LogP contribution is -2.07. The number of nitrogens with one attached hydrogen (secondary N) is 1. The van der Waals surface area contributed by atoms with E-state index in [-0.39, 0.29) is 5.91 Å². The third-order valence-corrected chi connectivity index (χ3v) is 4.70. The van der Waals surface area contributed by atoms with E-state index in [1.54, 1.807) is 29.5 Å². The van der Waals surface area contributed by atoms with Gasteiger partial charge in [0.15, 0.2) is 0 Å². The maximum atomic E-state index is 12.2. The summed E-state index contributed by atoms with van der Waals surface area (Å²) in [6.45, 7) is 2.34. The first kappa shape index (κ1) is 19.3. The van der Waals surface area contributed by atoms with Gasteiger partial charge in [0.2, 0.25) is 5.91 Å². The third-order valence-electron chi connectivity index (χ3n) is 3.88. The molecule has 28 heavy (non-hydrogen) atoms. The Bertz CT molecular complexity index is 1020. The molecule has 0 saturated heterocycles. The summed E-state index contributed by atoms with van der Waals surface area (Å²) in [5.41, 5.74) is 3.30. The van der Waals surface area contributed by atoms with E-state index in [2.05, 4.69) is 16.4 Å². The number of nitrogens with zero attached hydrogens (tertiary/aromatic N) is 2. The highest BCUT2D eigenvalue weighted by Crippen LogP contribution is 2.21. The van der Waals surface area contributed by atoms with Crippen LogP contribution in [0.2, 0.25) is 0 Å². The van der Waals surface area contributed by atoms with E-state index in [4.69, 9.17) is 10.00 Å². The molecule has 0 radical (unpaired) electrons. The lowest BCUT2D eigenvalue weighted by atomic mass is 10.1. The van der Waals surface area contributed by atoms with Gasteiger partial charge >= 0.3 is 0 Å². The normalized spacial score (nSPS) is 10.6. The minimum absolute atomic E-state index is 0.238. The van der Waals surface area contributed by atoms with Crippen molar-refractivity contribution in [1.82, 2.24) is 4.98 Å². The average Bonchev–Trinajstić information content (AvgIpc) is 3.12. The van der Waals surface area contributed by atoms with Crippen LogP contribution in [0.4, 0.5) is 5.69 Å². The largest absolute Gasteiger partial charge is 0.487 e. The Morgan fingerprint density at radius 3 is 2.75 bits per heavy atom. The van der Waals surface area contributed by atoms with Crippen molar-refractivity contribution in [2.75, 3.05) is 5.32 Å². The summed E-state index contributed by atoms with van der Waals surface area (Å²) in [4.78, 5) is 16.6. The number of amides is 1. The number of aryl methyl sites for hydroxylation is 1. The van der Waals surface area contributed by atoms with Gasteiger partial charge in [-0.3, -0.25) is 4.79 Å². The summed E-state index contributed by atoms with van der Waals surface area (Å²) in [5, 5.41) is 14.5. The van der Waals surface area contributed by atoms with E-state index >= 15 is 0 Å². The number of hydrogen-bond acceptors (Lipinski definition) is 5. The Balaban J connectivity index is 1.61. The van der Waals surface area contributed by atoms with E-state index in [1.165, 1.54) is 6.08 Å². The van der Waals surface area contributed by atoms with Crippen LogP contribution in [0, 0.1) is 18.3 Å². The number of para-hydroxylation sites is 1. The summed E-state index contributed by atoms with van der Waals surface area (Å²) >= 11 is 1.59. The molecule has 3 rings (SSSR count). The van der Waals surface area contributed by atoms with Crippen molar-refractivity contribution in [2.45, 2.75) is 20.0 Å². The summed E-state index contributed by atoms with van der Waals surface area (Å²) in [7, 11) is 0. The number of anilines is 1. The van der Waals surface area contributed by atoms with Crippen molar-refractivity contribution in [3.05, 3.63) is 81.8 Å². The molecule has 1 heterocycles. The first-order chi connectivity index (χ1) is 13.6. The molecule has 140 valence electrons. The predicted molar refractivity (Wildman–Crippen MR) is 111 cm³/mol. The zero-order valence-electron chi connectivity index (χ0n) is 15.4. The van der Waals surface area contributed by atoms with Gasteiger partial charge in [-0.05, 0) is 36.8 Å². The number of nitriles is 1. The van der Waals surface area contributed by atoms with Crippen molar-refractivity contribution in [2.24, 2.45) is 0 Å². The molecular formula is C22H19N3O2S. The third kappa shape index (κ3) is 5.53. The van der Waals surface area contributed by atoms with Crippen LogP contribution < -0.4 is 10.1 Å². The summed E-state index contributed by atoms with van der Waals surface area (Å²) < 4.78 is 5.86. The van der Waals surface area contributed by atoms with E-state index in [0.717, 1.165) is 21.8 Å². The first-order valence-corrected chi connectivity index (χ1v) is 9.60. The highest BCUT2D eigenvalue weighted by Gasteiger charge is 2.04. The quantitative estimate of drug-likeness (QED) is 0.592. The van der Waals surface area contributed by atoms with Crippen molar-refractivity contribution in [3.8, 4) is 11.8 Å². The molecule has 6 heteroatoms. The van der Waals surface area contributed by atoms with Crippen LogP contribution in [-0.2, 0) is 17.8 Å². The molecule has 0 unspecified atom stereocenters. The molecule has 0 bridgehead atoms. The molecule has 2 aromatic carbocycles. The van der Waals surface area contributed by atoms with Gasteiger partial charge in [0.05, 0.1) is 23.2 Å². The standard InChI is InChI=1S/C22H19N3O2S/c1-16-24-20(15-28-16)14-27-21-5-3-2-4-18(21)8-11-22(26)25-19-9-6-17(7-10-19)12-13-23/h2-11,15H,12,14H2,1H3,(H,25,26)/b11-8+.